The molecule has 0 aliphatic carbocycles. The largest absolute Gasteiger partial charge is 0.327 e. The number of nitrogens with zero attached hydrogens (tertiary/aromatic N) is 2. The van der Waals surface area contributed by atoms with Gasteiger partial charge in [0, 0.05) is 30.9 Å². The molecule has 1 aromatic heterocycles. The Kier molecular flexibility index (Phi) is 4.42. The Morgan fingerprint density at radius 1 is 1.14 bits per heavy atom. The minimum Gasteiger partial charge on any atom is -0.327 e. The molecule has 0 aliphatic heterocycles. The van der Waals surface area contributed by atoms with Gasteiger partial charge in [-0.3, -0.25) is 0 Å². The SMILES string of the molecule is Cc1ncc(CNC(C)(C)C)n1Cc1cc(F)cc(F)c1. The van der Waals surface area contributed by atoms with Crippen molar-refractivity contribution in [3.63, 3.8) is 0 Å². The summed E-state index contributed by atoms with van der Waals surface area (Å²) in [5.41, 5.74) is 1.58. The van der Waals surface area contributed by atoms with Crippen molar-refractivity contribution in [3.05, 3.63) is 53.1 Å². The normalized spacial score (nSPS) is 11.9. The average Bonchev–Trinajstić information content (AvgIpc) is 2.66. The van der Waals surface area contributed by atoms with Gasteiger partial charge < -0.3 is 9.88 Å². The molecule has 0 bridgehead atoms. The Balaban J connectivity index is 2.21. The maximum atomic E-state index is 13.3. The van der Waals surface area contributed by atoms with Crippen molar-refractivity contribution in [3.8, 4) is 0 Å². The fourth-order valence-electron chi connectivity index (χ4n) is 2.11. The quantitative estimate of drug-likeness (QED) is 0.936. The molecule has 0 radical (unpaired) electrons. The molecule has 0 atom stereocenters. The second kappa shape index (κ2) is 5.93. The lowest BCUT2D eigenvalue weighted by molar-refractivity contribution is 0.416. The van der Waals surface area contributed by atoms with Crippen molar-refractivity contribution in [2.75, 3.05) is 0 Å². The Hall–Kier alpha value is -1.75. The maximum Gasteiger partial charge on any atom is 0.126 e. The summed E-state index contributed by atoms with van der Waals surface area (Å²) >= 11 is 0. The van der Waals surface area contributed by atoms with Crippen molar-refractivity contribution in [2.24, 2.45) is 0 Å². The predicted octanol–water partition coefficient (Wildman–Crippen LogP) is 3.41. The van der Waals surface area contributed by atoms with Gasteiger partial charge in [-0.1, -0.05) is 0 Å². The first-order valence-corrected chi connectivity index (χ1v) is 6.95. The van der Waals surface area contributed by atoms with Crippen LogP contribution < -0.4 is 5.32 Å². The molecule has 0 amide bonds. The zero-order chi connectivity index (χ0) is 15.6. The zero-order valence-corrected chi connectivity index (χ0v) is 12.9. The molecular formula is C16H21F2N3. The van der Waals surface area contributed by atoms with Gasteiger partial charge >= 0.3 is 0 Å². The number of imidazole rings is 1. The molecular weight excluding hydrogens is 272 g/mol. The van der Waals surface area contributed by atoms with Crippen molar-refractivity contribution in [2.45, 2.75) is 46.3 Å². The van der Waals surface area contributed by atoms with Crippen LogP contribution in [0.3, 0.4) is 0 Å². The van der Waals surface area contributed by atoms with Crippen LogP contribution in [0.5, 0.6) is 0 Å². The molecule has 0 saturated carbocycles. The van der Waals surface area contributed by atoms with Crippen molar-refractivity contribution in [1.82, 2.24) is 14.9 Å². The minimum absolute atomic E-state index is 0.00598. The third-order valence-electron chi connectivity index (χ3n) is 3.20. The van der Waals surface area contributed by atoms with Crippen LogP contribution in [-0.2, 0) is 13.1 Å². The van der Waals surface area contributed by atoms with Gasteiger partial charge in [-0.25, -0.2) is 13.8 Å². The van der Waals surface area contributed by atoms with E-state index in [4.69, 9.17) is 0 Å². The van der Waals surface area contributed by atoms with Gasteiger partial charge in [0.1, 0.15) is 17.5 Å². The standard InChI is InChI=1S/C16H21F2N3/c1-11-19-8-15(9-20-16(2,3)4)21(11)10-12-5-13(17)7-14(18)6-12/h5-8,20H,9-10H2,1-4H3. The molecule has 2 rings (SSSR count). The van der Waals surface area contributed by atoms with Crippen LogP contribution in [0.25, 0.3) is 0 Å². The summed E-state index contributed by atoms with van der Waals surface area (Å²) in [6.45, 7) is 9.20. The molecule has 0 spiro atoms. The van der Waals surface area contributed by atoms with E-state index in [9.17, 15) is 8.78 Å². The summed E-state index contributed by atoms with van der Waals surface area (Å²) in [7, 11) is 0. The minimum atomic E-state index is -0.558. The molecule has 3 nitrogen and oxygen atoms in total. The summed E-state index contributed by atoms with van der Waals surface area (Å²) in [4.78, 5) is 4.29. The number of rotatable bonds is 4. The molecule has 0 aliphatic rings. The van der Waals surface area contributed by atoms with Gasteiger partial charge in [-0.15, -0.1) is 0 Å². The van der Waals surface area contributed by atoms with Crippen LogP contribution in [-0.4, -0.2) is 15.1 Å². The van der Waals surface area contributed by atoms with Gasteiger partial charge in [0.25, 0.3) is 0 Å². The average molecular weight is 293 g/mol. The monoisotopic (exact) mass is 293 g/mol. The summed E-state index contributed by atoms with van der Waals surface area (Å²) in [6, 6.07) is 3.58. The van der Waals surface area contributed by atoms with Gasteiger partial charge in [-0.2, -0.15) is 0 Å². The fourth-order valence-corrected chi connectivity index (χ4v) is 2.11. The number of benzene rings is 1. The third kappa shape index (κ3) is 4.36. The van der Waals surface area contributed by atoms with Crippen LogP contribution >= 0.6 is 0 Å². The number of aromatic nitrogens is 2. The lowest BCUT2D eigenvalue weighted by atomic mass is 10.1. The molecule has 1 aromatic carbocycles. The van der Waals surface area contributed by atoms with E-state index < -0.39 is 11.6 Å². The topological polar surface area (TPSA) is 29.9 Å². The van der Waals surface area contributed by atoms with Gasteiger partial charge in [0.05, 0.1) is 5.69 Å². The molecule has 1 N–H and O–H groups in total. The molecule has 0 saturated heterocycles. The highest BCUT2D eigenvalue weighted by molar-refractivity contribution is 5.20. The summed E-state index contributed by atoms with van der Waals surface area (Å²) in [5.74, 6) is -0.292. The first kappa shape index (κ1) is 15.6. The van der Waals surface area contributed by atoms with Crippen LogP contribution in [0, 0.1) is 18.6 Å². The van der Waals surface area contributed by atoms with E-state index in [1.165, 1.54) is 12.1 Å². The summed E-state index contributed by atoms with van der Waals surface area (Å²) in [6.07, 6.45) is 1.80. The zero-order valence-electron chi connectivity index (χ0n) is 12.9. The fraction of sp³-hybridized carbons (Fsp3) is 0.438. The van der Waals surface area contributed by atoms with Gasteiger partial charge in [0.15, 0.2) is 0 Å². The summed E-state index contributed by atoms with van der Waals surface area (Å²) < 4.78 is 28.5. The van der Waals surface area contributed by atoms with E-state index in [0.717, 1.165) is 17.6 Å². The Morgan fingerprint density at radius 2 is 1.76 bits per heavy atom. The number of hydrogen-bond acceptors (Lipinski definition) is 2. The summed E-state index contributed by atoms with van der Waals surface area (Å²) in [5, 5.41) is 3.39. The van der Waals surface area contributed by atoms with E-state index >= 15 is 0 Å². The number of hydrogen-bond donors (Lipinski definition) is 1. The number of nitrogens with one attached hydrogen (secondary N) is 1. The van der Waals surface area contributed by atoms with Gasteiger partial charge in [0.2, 0.25) is 0 Å². The Morgan fingerprint density at radius 3 is 2.33 bits per heavy atom. The highest BCUT2D eigenvalue weighted by Crippen LogP contribution is 2.14. The first-order valence-electron chi connectivity index (χ1n) is 6.95. The van der Waals surface area contributed by atoms with Crippen molar-refractivity contribution < 1.29 is 8.78 Å². The molecule has 0 unspecified atom stereocenters. The number of halogens is 2. The maximum absolute atomic E-state index is 13.3. The second-order valence-electron chi connectivity index (χ2n) is 6.26. The van der Waals surface area contributed by atoms with E-state index in [0.29, 0.717) is 18.7 Å². The van der Waals surface area contributed by atoms with Crippen LogP contribution in [0.15, 0.2) is 24.4 Å². The molecule has 0 fully saturated rings. The Labute approximate surface area is 124 Å². The van der Waals surface area contributed by atoms with E-state index in [1.54, 1.807) is 6.20 Å². The van der Waals surface area contributed by atoms with Crippen molar-refractivity contribution >= 4 is 0 Å². The lowest BCUT2D eigenvalue weighted by Gasteiger charge is -2.21. The van der Waals surface area contributed by atoms with E-state index in [-0.39, 0.29) is 5.54 Å². The van der Waals surface area contributed by atoms with Gasteiger partial charge in [-0.05, 0) is 45.4 Å². The second-order valence-corrected chi connectivity index (χ2v) is 6.26. The van der Waals surface area contributed by atoms with Crippen LogP contribution in [0.1, 0.15) is 37.9 Å². The highest BCUT2D eigenvalue weighted by atomic mass is 19.1. The van der Waals surface area contributed by atoms with Crippen molar-refractivity contribution in [1.29, 1.82) is 0 Å². The third-order valence-corrected chi connectivity index (χ3v) is 3.20. The molecule has 2 aromatic rings. The predicted molar refractivity (Wildman–Crippen MR) is 79.0 cm³/mol. The smallest absolute Gasteiger partial charge is 0.126 e. The van der Waals surface area contributed by atoms with E-state index in [2.05, 4.69) is 31.1 Å². The number of aryl methyl sites for hydroxylation is 1. The van der Waals surface area contributed by atoms with Crippen LogP contribution in [0.2, 0.25) is 0 Å². The lowest BCUT2D eigenvalue weighted by Crippen LogP contribution is -2.35. The van der Waals surface area contributed by atoms with E-state index in [1.807, 2.05) is 11.5 Å². The molecule has 21 heavy (non-hydrogen) atoms. The molecule has 5 heteroatoms. The van der Waals surface area contributed by atoms with Crippen LogP contribution in [0.4, 0.5) is 8.78 Å². The Bertz CT molecular complexity index is 607. The molecule has 1 heterocycles. The first-order chi connectivity index (χ1) is 9.74. The highest BCUT2D eigenvalue weighted by Gasteiger charge is 2.13. The molecule has 114 valence electrons.